The van der Waals surface area contributed by atoms with E-state index in [2.05, 4.69) is 15.0 Å². The summed E-state index contributed by atoms with van der Waals surface area (Å²) in [4.78, 5) is 21.6. The molecule has 0 atom stereocenters. The van der Waals surface area contributed by atoms with Gasteiger partial charge in [0.05, 0.1) is 11.4 Å². The molecule has 27 heavy (non-hydrogen) atoms. The minimum atomic E-state index is -0.166. The Morgan fingerprint density at radius 1 is 1.26 bits per heavy atom. The van der Waals surface area contributed by atoms with Crippen LogP contribution < -0.4 is 9.80 Å². The van der Waals surface area contributed by atoms with E-state index in [9.17, 15) is 4.79 Å². The first kappa shape index (κ1) is 18.3. The molecule has 1 aliphatic carbocycles. The summed E-state index contributed by atoms with van der Waals surface area (Å²) in [5.74, 6) is 1.24. The lowest BCUT2D eigenvalue weighted by atomic mass is 9.96. The quantitative estimate of drug-likeness (QED) is 0.793. The highest BCUT2D eigenvalue weighted by atomic mass is 35.5. The fourth-order valence-corrected chi connectivity index (χ4v) is 3.61. The number of nitrogens with zero attached hydrogens (tertiary/aromatic N) is 4. The fraction of sp³-hybridized carbons (Fsp3) is 0.550. The highest BCUT2D eigenvalue weighted by molar-refractivity contribution is 6.31. The van der Waals surface area contributed by atoms with Gasteiger partial charge in [-0.15, -0.1) is 0 Å². The standard InChI is InChI=1S/C20H25ClN4O2/c1-20(2,3)19-22-17(27-23-19)8-9-18(26)25-11-10-24(14-5-6-14)15-7-4-13(21)12-16(15)25/h4,7,12,14H,5-6,8-11H2,1-3H3. The summed E-state index contributed by atoms with van der Waals surface area (Å²) < 4.78 is 5.31. The van der Waals surface area contributed by atoms with Gasteiger partial charge in [-0.2, -0.15) is 4.98 Å². The zero-order chi connectivity index (χ0) is 19.2. The van der Waals surface area contributed by atoms with Crippen LogP contribution in [0, 0.1) is 0 Å². The van der Waals surface area contributed by atoms with E-state index in [1.807, 2.05) is 43.9 Å². The van der Waals surface area contributed by atoms with Crippen LogP contribution in [0.25, 0.3) is 0 Å². The van der Waals surface area contributed by atoms with Gasteiger partial charge < -0.3 is 14.3 Å². The molecule has 2 heterocycles. The summed E-state index contributed by atoms with van der Waals surface area (Å²) in [6.45, 7) is 7.64. The van der Waals surface area contributed by atoms with E-state index in [0.29, 0.717) is 42.2 Å². The van der Waals surface area contributed by atoms with Crippen LogP contribution in [-0.2, 0) is 16.6 Å². The van der Waals surface area contributed by atoms with Crippen LogP contribution in [-0.4, -0.2) is 35.2 Å². The van der Waals surface area contributed by atoms with E-state index in [-0.39, 0.29) is 11.3 Å². The summed E-state index contributed by atoms with van der Waals surface area (Å²) in [6.07, 6.45) is 3.23. The molecule has 0 radical (unpaired) electrons. The summed E-state index contributed by atoms with van der Waals surface area (Å²) in [7, 11) is 0. The van der Waals surface area contributed by atoms with Gasteiger partial charge in [0.1, 0.15) is 0 Å². The number of aromatic nitrogens is 2. The van der Waals surface area contributed by atoms with Crippen molar-refractivity contribution in [1.29, 1.82) is 0 Å². The van der Waals surface area contributed by atoms with Crippen LogP contribution in [0.4, 0.5) is 11.4 Å². The SMILES string of the molecule is CC(C)(C)c1noc(CCC(=O)N2CCN(C3CC3)c3ccc(Cl)cc32)n1. The molecule has 2 aromatic rings. The third-order valence-corrected chi connectivity index (χ3v) is 5.32. The third kappa shape index (κ3) is 3.81. The van der Waals surface area contributed by atoms with Gasteiger partial charge in [0.2, 0.25) is 11.8 Å². The lowest BCUT2D eigenvalue weighted by molar-refractivity contribution is -0.118. The molecule has 1 amide bonds. The molecule has 0 bridgehead atoms. The Balaban J connectivity index is 1.48. The van der Waals surface area contributed by atoms with Gasteiger partial charge in [-0.1, -0.05) is 37.5 Å². The van der Waals surface area contributed by atoms with Gasteiger partial charge in [-0.3, -0.25) is 4.79 Å². The molecule has 6 nitrogen and oxygen atoms in total. The van der Waals surface area contributed by atoms with Gasteiger partial charge in [0.15, 0.2) is 5.82 Å². The highest BCUT2D eigenvalue weighted by Crippen LogP contribution is 2.41. The Labute approximate surface area is 164 Å². The Bertz CT molecular complexity index is 854. The summed E-state index contributed by atoms with van der Waals surface area (Å²) in [6, 6.07) is 6.43. The van der Waals surface area contributed by atoms with Gasteiger partial charge >= 0.3 is 0 Å². The predicted octanol–water partition coefficient (Wildman–Crippen LogP) is 3.97. The molecule has 144 valence electrons. The number of hydrogen-bond donors (Lipinski definition) is 0. The number of carbonyl (C=O) groups excluding carboxylic acids is 1. The average molecular weight is 389 g/mol. The van der Waals surface area contributed by atoms with Crippen molar-refractivity contribution in [3.63, 3.8) is 0 Å². The monoisotopic (exact) mass is 388 g/mol. The van der Waals surface area contributed by atoms with Crippen LogP contribution in [0.2, 0.25) is 5.02 Å². The maximum Gasteiger partial charge on any atom is 0.227 e. The van der Waals surface area contributed by atoms with E-state index >= 15 is 0 Å². The Kier molecular flexibility index (Phi) is 4.62. The van der Waals surface area contributed by atoms with E-state index < -0.39 is 0 Å². The molecule has 7 heteroatoms. The lowest BCUT2D eigenvalue weighted by Gasteiger charge is -2.38. The minimum absolute atomic E-state index is 0.0597. The van der Waals surface area contributed by atoms with Crippen molar-refractivity contribution in [2.24, 2.45) is 0 Å². The van der Waals surface area contributed by atoms with E-state index in [0.717, 1.165) is 17.9 Å². The number of anilines is 2. The first-order chi connectivity index (χ1) is 12.8. The Morgan fingerprint density at radius 3 is 2.70 bits per heavy atom. The van der Waals surface area contributed by atoms with Crippen molar-refractivity contribution in [3.8, 4) is 0 Å². The first-order valence-electron chi connectivity index (χ1n) is 9.52. The molecule has 0 unspecified atom stereocenters. The van der Waals surface area contributed by atoms with Gasteiger partial charge in [-0.25, -0.2) is 0 Å². The van der Waals surface area contributed by atoms with E-state index in [4.69, 9.17) is 16.1 Å². The third-order valence-electron chi connectivity index (χ3n) is 5.08. The topological polar surface area (TPSA) is 62.5 Å². The molecule has 2 aliphatic rings. The fourth-order valence-electron chi connectivity index (χ4n) is 3.44. The van der Waals surface area contributed by atoms with Gasteiger partial charge in [0.25, 0.3) is 0 Å². The van der Waals surface area contributed by atoms with Crippen molar-refractivity contribution in [2.75, 3.05) is 22.9 Å². The molecular formula is C20H25ClN4O2. The second-order valence-electron chi connectivity index (χ2n) is 8.36. The molecule has 1 aromatic carbocycles. The number of fused-ring (bicyclic) bond motifs is 1. The maximum absolute atomic E-state index is 12.9. The van der Waals surface area contributed by atoms with Crippen molar-refractivity contribution in [2.45, 2.75) is 57.9 Å². The molecule has 0 saturated heterocycles. The van der Waals surface area contributed by atoms with Crippen LogP contribution in [0.3, 0.4) is 0 Å². The molecule has 4 rings (SSSR count). The largest absolute Gasteiger partial charge is 0.365 e. The van der Waals surface area contributed by atoms with Crippen LogP contribution in [0.1, 0.15) is 51.7 Å². The number of aryl methyl sites for hydroxylation is 1. The molecule has 1 saturated carbocycles. The molecule has 0 N–H and O–H groups in total. The van der Waals surface area contributed by atoms with Crippen molar-refractivity contribution < 1.29 is 9.32 Å². The second kappa shape index (κ2) is 6.82. The normalized spacial score (nSPS) is 17.2. The molecular weight excluding hydrogens is 364 g/mol. The smallest absolute Gasteiger partial charge is 0.227 e. The Morgan fingerprint density at radius 2 is 2.04 bits per heavy atom. The summed E-state index contributed by atoms with van der Waals surface area (Å²) in [5.41, 5.74) is 1.85. The van der Waals surface area contributed by atoms with Crippen LogP contribution in [0.15, 0.2) is 22.7 Å². The average Bonchev–Trinajstić information content (AvgIpc) is 3.34. The van der Waals surface area contributed by atoms with Crippen LogP contribution >= 0.6 is 11.6 Å². The Hall–Kier alpha value is -2.08. The number of rotatable bonds is 4. The summed E-state index contributed by atoms with van der Waals surface area (Å²) in [5, 5.41) is 4.68. The van der Waals surface area contributed by atoms with Crippen molar-refractivity contribution in [3.05, 3.63) is 34.9 Å². The van der Waals surface area contributed by atoms with Gasteiger partial charge in [0, 0.05) is 42.4 Å². The van der Waals surface area contributed by atoms with E-state index in [1.165, 1.54) is 12.8 Å². The number of halogens is 1. The molecule has 0 spiro atoms. The number of amides is 1. The predicted molar refractivity (Wildman–Crippen MR) is 105 cm³/mol. The lowest BCUT2D eigenvalue weighted by Crippen LogP contribution is -2.45. The number of carbonyl (C=O) groups is 1. The minimum Gasteiger partial charge on any atom is -0.365 e. The van der Waals surface area contributed by atoms with Gasteiger partial charge in [-0.05, 0) is 31.0 Å². The second-order valence-corrected chi connectivity index (χ2v) is 8.80. The molecule has 1 aromatic heterocycles. The molecule has 1 fully saturated rings. The number of benzene rings is 1. The van der Waals surface area contributed by atoms with Crippen LogP contribution in [0.5, 0.6) is 0 Å². The van der Waals surface area contributed by atoms with Crippen molar-refractivity contribution >= 4 is 28.9 Å². The first-order valence-corrected chi connectivity index (χ1v) is 9.90. The number of hydrogen-bond acceptors (Lipinski definition) is 5. The van der Waals surface area contributed by atoms with Crippen molar-refractivity contribution in [1.82, 2.24) is 10.1 Å². The zero-order valence-corrected chi connectivity index (χ0v) is 16.8. The summed E-state index contributed by atoms with van der Waals surface area (Å²) >= 11 is 6.22. The molecule has 1 aliphatic heterocycles. The maximum atomic E-state index is 12.9. The highest BCUT2D eigenvalue weighted by Gasteiger charge is 2.35. The zero-order valence-electron chi connectivity index (χ0n) is 16.0. The van der Waals surface area contributed by atoms with E-state index in [1.54, 1.807) is 0 Å².